The molecule has 0 saturated heterocycles. The van der Waals surface area contributed by atoms with E-state index in [1.54, 1.807) is 14.2 Å². The lowest BCUT2D eigenvalue weighted by molar-refractivity contribution is -0.0441. The van der Waals surface area contributed by atoms with E-state index in [2.05, 4.69) is 10.1 Å². The molecular weight excluding hydrogens is 178 g/mol. The van der Waals surface area contributed by atoms with Crippen LogP contribution in [0.2, 0.25) is 0 Å². The van der Waals surface area contributed by atoms with E-state index in [0.29, 0.717) is 6.17 Å². The number of carbonyl (C=O) groups excluding carboxylic acids is 1. The summed E-state index contributed by atoms with van der Waals surface area (Å²) in [5.41, 5.74) is 0. The second-order valence-electron chi connectivity index (χ2n) is 2.11. The molecule has 72 valence electrons. The number of carbonyl (C=O) groups is 1. The largest absolute Gasteiger partial charge is 0.453 e. The Balaban J connectivity index is 3.34. The number of hydrogen-bond donors (Lipinski definition) is 1. The molecule has 0 radical (unpaired) electrons. The summed E-state index contributed by atoms with van der Waals surface area (Å²) in [4.78, 5) is 10.6. The van der Waals surface area contributed by atoms with Crippen LogP contribution in [0.25, 0.3) is 0 Å². The lowest BCUT2D eigenvalue weighted by Crippen LogP contribution is -2.34. The van der Waals surface area contributed by atoms with E-state index in [4.69, 9.17) is 9.47 Å². The van der Waals surface area contributed by atoms with Crippen molar-refractivity contribution in [2.75, 3.05) is 27.5 Å². The standard InChI is InChI=1S/C6H15NO4Si/c1-9-5(8)7-4-12-6(10-2)11-3/h6H,4,12H2,1-3H3,(H,7,8). The number of hydrogen-bond acceptors (Lipinski definition) is 4. The monoisotopic (exact) mass is 193 g/mol. The van der Waals surface area contributed by atoms with Gasteiger partial charge < -0.3 is 19.5 Å². The molecule has 0 saturated carbocycles. The van der Waals surface area contributed by atoms with Crippen LogP contribution in [0.15, 0.2) is 0 Å². The van der Waals surface area contributed by atoms with Crippen molar-refractivity contribution in [1.29, 1.82) is 0 Å². The normalized spacial score (nSPS) is 11.0. The fourth-order valence-electron chi connectivity index (χ4n) is 0.696. The molecule has 0 aromatic rings. The Morgan fingerprint density at radius 2 is 2.00 bits per heavy atom. The minimum absolute atomic E-state index is 0.137. The van der Waals surface area contributed by atoms with Crippen LogP contribution in [-0.2, 0) is 14.2 Å². The first-order valence-electron chi connectivity index (χ1n) is 3.62. The van der Waals surface area contributed by atoms with Crippen molar-refractivity contribution >= 4 is 15.6 Å². The van der Waals surface area contributed by atoms with Gasteiger partial charge in [-0.25, -0.2) is 4.79 Å². The molecule has 12 heavy (non-hydrogen) atoms. The van der Waals surface area contributed by atoms with Gasteiger partial charge in [-0.3, -0.25) is 0 Å². The van der Waals surface area contributed by atoms with Crippen molar-refractivity contribution in [3.05, 3.63) is 0 Å². The van der Waals surface area contributed by atoms with Crippen molar-refractivity contribution in [2.45, 2.75) is 5.91 Å². The predicted molar refractivity (Wildman–Crippen MR) is 46.8 cm³/mol. The van der Waals surface area contributed by atoms with Crippen LogP contribution in [-0.4, -0.2) is 49.0 Å². The Morgan fingerprint density at radius 3 is 2.42 bits per heavy atom. The third-order valence-corrected chi connectivity index (χ3v) is 3.04. The molecule has 0 fully saturated rings. The molecule has 0 spiro atoms. The predicted octanol–water partition coefficient (Wildman–Crippen LogP) is -0.955. The fraction of sp³-hybridized carbons (Fsp3) is 0.833. The van der Waals surface area contributed by atoms with Crippen molar-refractivity contribution in [1.82, 2.24) is 5.32 Å². The van der Waals surface area contributed by atoms with Crippen LogP contribution >= 0.6 is 0 Å². The molecule has 0 rings (SSSR count). The molecule has 0 aromatic carbocycles. The smallest absolute Gasteiger partial charge is 0.406 e. The van der Waals surface area contributed by atoms with Gasteiger partial charge in [-0.15, -0.1) is 0 Å². The molecule has 1 amide bonds. The van der Waals surface area contributed by atoms with Crippen molar-refractivity contribution < 1.29 is 19.0 Å². The average molecular weight is 193 g/mol. The quantitative estimate of drug-likeness (QED) is 0.451. The maximum absolute atomic E-state index is 10.6. The first-order valence-corrected chi connectivity index (χ1v) is 5.43. The molecule has 1 N–H and O–H groups in total. The van der Waals surface area contributed by atoms with Gasteiger partial charge in [-0.1, -0.05) is 0 Å². The van der Waals surface area contributed by atoms with E-state index in [0.717, 1.165) is 0 Å². The summed E-state index contributed by atoms with van der Waals surface area (Å²) in [7, 11) is 3.92. The summed E-state index contributed by atoms with van der Waals surface area (Å²) in [6, 6.07) is 0. The molecule has 5 nitrogen and oxygen atoms in total. The van der Waals surface area contributed by atoms with Crippen LogP contribution in [0.4, 0.5) is 4.79 Å². The van der Waals surface area contributed by atoms with Gasteiger partial charge in [0.15, 0.2) is 0 Å². The second kappa shape index (κ2) is 7.08. The molecule has 0 atom stereocenters. The summed E-state index contributed by atoms with van der Waals surface area (Å²) in [5.74, 6) is -0.137. The van der Waals surface area contributed by atoms with Gasteiger partial charge in [-0.05, 0) is 0 Å². The van der Waals surface area contributed by atoms with Crippen molar-refractivity contribution in [3.63, 3.8) is 0 Å². The Morgan fingerprint density at radius 1 is 1.42 bits per heavy atom. The minimum atomic E-state index is -0.583. The third kappa shape index (κ3) is 5.11. The zero-order chi connectivity index (χ0) is 9.40. The van der Waals surface area contributed by atoms with E-state index in [9.17, 15) is 4.79 Å². The van der Waals surface area contributed by atoms with E-state index in [1.807, 2.05) is 0 Å². The van der Waals surface area contributed by atoms with Crippen molar-refractivity contribution in [3.8, 4) is 0 Å². The molecule has 0 aliphatic carbocycles. The maximum atomic E-state index is 10.6. The minimum Gasteiger partial charge on any atom is -0.453 e. The Hall–Kier alpha value is -0.593. The van der Waals surface area contributed by atoms with Gasteiger partial charge in [0, 0.05) is 20.4 Å². The van der Waals surface area contributed by atoms with Gasteiger partial charge in [-0.2, -0.15) is 0 Å². The van der Waals surface area contributed by atoms with Gasteiger partial charge >= 0.3 is 6.09 Å². The lowest BCUT2D eigenvalue weighted by atomic mass is 11.1. The van der Waals surface area contributed by atoms with Crippen molar-refractivity contribution in [2.24, 2.45) is 0 Å². The molecule has 0 aromatic heterocycles. The van der Waals surface area contributed by atoms with Gasteiger partial charge in [0.1, 0.15) is 15.4 Å². The number of alkyl carbamates (subject to hydrolysis) is 1. The van der Waals surface area contributed by atoms with Crippen LogP contribution < -0.4 is 5.32 Å². The number of methoxy groups -OCH3 is 3. The maximum Gasteiger partial charge on any atom is 0.406 e. The summed E-state index contributed by atoms with van der Waals surface area (Å²) in [6.45, 7) is 0. The molecule has 0 aliphatic rings. The molecule has 6 heteroatoms. The highest BCUT2D eigenvalue weighted by atomic mass is 28.2. The van der Waals surface area contributed by atoms with Crippen LogP contribution in [0, 0.1) is 0 Å². The Labute approximate surface area is 74.2 Å². The zero-order valence-electron chi connectivity index (χ0n) is 7.62. The molecule has 0 aliphatic heterocycles. The summed E-state index contributed by atoms with van der Waals surface area (Å²) >= 11 is 0. The van der Waals surface area contributed by atoms with Gasteiger partial charge in [0.05, 0.1) is 7.11 Å². The van der Waals surface area contributed by atoms with Gasteiger partial charge in [0.2, 0.25) is 0 Å². The van der Waals surface area contributed by atoms with E-state index in [1.165, 1.54) is 7.11 Å². The van der Waals surface area contributed by atoms with E-state index < -0.39 is 15.6 Å². The molecule has 0 bridgehead atoms. The van der Waals surface area contributed by atoms with Crippen LogP contribution in [0.1, 0.15) is 0 Å². The highest BCUT2D eigenvalue weighted by Crippen LogP contribution is 1.85. The lowest BCUT2D eigenvalue weighted by Gasteiger charge is -2.12. The highest BCUT2D eigenvalue weighted by Gasteiger charge is 2.06. The van der Waals surface area contributed by atoms with Crippen LogP contribution in [0.3, 0.4) is 0 Å². The Bertz CT molecular complexity index is 129. The fourth-order valence-corrected chi connectivity index (χ4v) is 1.75. The van der Waals surface area contributed by atoms with E-state index in [-0.39, 0.29) is 5.91 Å². The average Bonchev–Trinajstić information content (AvgIpc) is 2.12. The first kappa shape index (κ1) is 11.4. The highest BCUT2D eigenvalue weighted by molar-refractivity contribution is 6.37. The summed E-state index contributed by atoms with van der Waals surface area (Å²) < 4.78 is 14.3. The van der Waals surface area contributed by atoms with E-state index >= 15 is 0 Å². The molecule has 0 heterocycles. The SMILES string of the molecule is COC(=O)NC[SiH2]C(OC)OC. The van der Waals surface area contributed by atoms with Gasteiger partial charge in [0.25, 0.3) is 0 Å². The Kier molecular flexibility index (Phi) is 6.73. The number of ether oxygens (including phenoxy) is 3. The molecule has 0 unspecified atom stereocenters. The third-order valence-electron chi connectivity index (χ3n) is 1.36. The van der Waals surface area contributed by atoms with Crippen LogP contribution in [0.5, 0.6) is 0 Å². The molecular formula is C6H15NO4Si. The second-order valence-corrected chi connectivity index (χ2v) is 3.85. The number of rotatable bonds is 5. The number of amides is 1. The first-order chi connectivity index (χ1) is 5.74. The summed E-state index contributed by atoms with van der Waals surface area (Å²) in [6.07, 6.45) is 0.201. The zero-order valence-corrected chi connectivity index (χ0v) is 9.04. The number of nitrogens with one attached hydrogen (secondary N) is 1. The summed E-state index contributed by atoms with van der Waals surface area (Å²) in [5, 5.41) is 2.57. The topological polar surface area (TPSA) is 56.8 Å².